The van der Waals surface area contributed by atoms with E-state index in [0.717, 1.165) is 22.9 Å². The number of carbonyl (C=O) groups is 3. The number of amides is 1. The lowest BCUT2D eigenvalue weighted by molar-refractivity contribution is -0.201. The van der Waals surface area contributed by atoms with Crippen LogP contribution in [0.15, 0.2) is 48.1 Å². The maximum Gasteiger partial charge on any atom is 0.227 e. The van der Waals surface area contributed by atoms with Crippen molar-refractivity contribution in [3.05, 3.63) is 53.1 Å². The minimum Gasteiger partial charge on any atom is -0.390 e. The number of anilines is 1. The molecule has 1 unspecified atom stereocenters. The fourth-order valence-electron chi connectivity index (χ4n) is 8.20. The second-order valence-electron chi connectivity index (χ2n) is 12.1. The summed E-state index contributed by atoms with van der Waals surface area (Å²) < 4.78 is 33.2. The molecule has 9 atom stereocenters. The number of aliphatic hydroxyl groups excluding tert-OH is 1. The molecule has 1 amide bonds. The summed E-state index contributed by atoms with van der Waals surface area (Å²) in [6.45, 7) is 3.36. The van der Waals surface area contributed by atoms with Gasteiger partial charge >= 0.3 is 0 Å². The van der Waals surface area contributed by atoms with E-state index in [1.165, 1.54) is 19.1 Å². The molecule has 0 heterocycles. The van der Waals surface area contributed by atoms with E-state index >= 15 is 8.78 Å². The molecule has 4 aliphatic rings. The highest BCUT2D eigenvalue weighted by Crippen LogP contribution is 2.70. The molecule has 3 fully saturated rings. The van der Waals surface area contributed by atoms with E-state index in [1.54, 1.807) is 24.3 Å². The van der Waals surface area contributed by atoms with Crippen molar-refractivity contribution in [2.24, 2.45) is 40.2 Å². The van der Waals surface area contributed by atoms with Crippen LogP contribution in [-0.4, -0.2) is 57.4 Å². The van der Waals surface area contributed by atoms with E-state index < -0.39 is 64.1 Å². The standard InChI is InChI=1S/C29H33ClF2N2O5S/c1-27-12-23(36)29(32)20(11-22(31)21-10-18(35)7-8-28(21,29)2)19(27)9-15(25(27)26(38)40-14-24(33)37)13-34(39)17-5-3-16(30)4-6-17/h3-8,10,15,19-20,22-23,25,36,39H,9,11-14H2,1-2H3,(H2,33,37)/t15-,19?,20-,22-,23-,25+,27-,28-,29-/m0/s1. The number of allylic oxidation sites excluding steroid dienone is 4. The first kappa shape index (κ1) is 29.2. The van der Waals surface area contributed by atoms with Gasteiger partial charge in [0.1, 0.15) is 6.17 Å². The molecule has 7 nitrogen and oxygen atoms in total. The topological polar surface area (TPSA) is 121 Å². The van der Waals surface area contributed by atoms with Gasteiger partial charge in [-0.05, 0) is 85.4 Å². The van der Waals surface area contributed by atoms with Crippen molar-refractivity contribution in [3.63, 3.8) is 0 Å². The average Bonchev–Trinajstić information content (AvgIpc) is 3.17. The summed E-state index contributed by atoms with van der Waals surface area (Å²) in [7, 11) is 0. The number of halogens is 3. The van der Waals surface area contributed by atoms with E-state index in [2.05, 4.69) is 0 Å². The fourth-order valence-corrected chi connectivity index (χ4v) is 9.25. The largest absolute Gasteiger partial charge is 0.390 e. The van der Waals surface area contributed by atoms with Crippen LogP contribution in [0.5, 0.6) is 0 Å². The number of thioether (sulfide) groups is 1. The Balaban J connectivity index is 1.54. The first-order valence-corrected chi connectivity index (χ1v) is 14.7. The van der Waals surface area contributed by atoms with Crippen molar-refractivity contribution in [1.82, 2.24) is 0 Å². The third kappa shape index (κ3) is 4.42. The number of hydrogen-bond acceptors (Lipinski definition) is 7. The Kier molecular flexibility index (Phi) is 7.47. The number of nitrogens with two attached hydrogens (primary N) is 1. The predicted octanol–water partition coefficient (Wildman–Crippen LogP) is 4.44. The van der Waals surface area contributed by atoms with Crippen LogP contribution in [0.4, 0.5) is 14.5 Å². The first-order chi connectivity index (χ1) is 18.7. The van der Waals surface area contributed by atoms with Crippen molar-refractivity contribution in [3.8, 4) is 0 Å². The summed E-state index contributed by atoms with van der Waals surface area (Å²) in [6.07, 6.45) is 0.577. The van der Waals surface area contributed by atoms with Gasteiger partial charge in [-0.1, -0.05) is 36.4 Å². The molecule has 4 aliphatic carbocycles. The van der Waals surface area contributed by atoms with Crippen LogP contribution in [0.1, 0.15) is 33.1 Å². The SMILES string of the molecule is C[C@]12C[C@H](O)[C@@]3(F)[C@@H](C[C@H](F)C4=CC(=O)C=C[C@@]43C)C1C[C@@H](CN(O)c1ccc(Cl)cc1)[C@@H]2C(=O)SCC(N)=O. The number of benzene rings is 1. The van der Waals surface area contributed by atoms with E-state index in [-0.39, 0.29) is 35.8 Å². The number of carbonyl (C=O) groups excluding carboxylic acids is 3. The maximum atomic E-state index is 17.5. The monoisotopic (exact) mass is 594 g/mol. The number of hydrogen-bond donors (Lipinski definition) is 3. The Bertz CT molecular complexity index is 1290. The normalized spacial score (nSPS) is 40.1. The highest BCUT2D eigenvalue weighted by atomic mass is 35.5. The number of alkyl halides is 2. The van der Waals surface area contributed by atoms with Crippen LogP contribution in [0.2, 0.25) is 5.02 Å². The van der Waals surface area contributed by atoms with Gasteiger partial charge in [-0.15, -0.1) is 0 Å². The van der Waals surface area contributed by atoms with Crippen LogP contribution in [0.3, 0.4) is 0 Å². The van der Waals surface area contributed by atoms with Crippen molar-refractivity contribution in [1.29, 1.82) is 0 Å². The number of aliphatic hydroxyl groups is 1. The van der Waals surface area contributed by atoms with Gasteiger partial charge < -0.3 is 10.8 Å². The smallest absolute Gasteiger partial charge is 0.227 e. The molecule has 0 saturated heterocycles. The number of ketones is 1. The molecule has 3 saturated carbocycles. The van der Waals surface area contributed by atoms with Gasteiger partial charge in [0.2, 0.25) is 5.91 Å². The highest BCUT2D eigenvalue weighted by Gasteiger charge is 2.73. The molecule has 0 spiro atoms. The number of primary amides is 1. The van der Waals surface area contributed by atoms with Gasteiger partial charge in [0.25, 0.3) is 0 Å². The predicted molar refractivity (Wildman–Crippen MR) is 148 cm³/mol. The van der Waals surface area contributed by atoms with Crippen LogP contribution in [0, 0.1) is 34.5 Å². The van der Waals surface area contributed by atoms with Gasteiger partial charge in [-0.25, -0.2) is 8.78 Å². The molecule has 216 valence electrons. The Hall–Kier alpha value is -2.27. The van der Waals surface area contributed by atoms with E-state index in [9.17, 15) is 24.7 Å². The number of hydroxylamine groups is 1. The molecule has 0 radical (unpaired) electrons. The quantitative estimate of drug-likeness (QED) is 0.416. The zero-order valence-corrected chi connectivity index (χ0v) is 23.8. The van der Waals surface area contributed by atoms with Crippen LogP contribution >= 0.6 is 23.4 Å². The lowest BCUT2D eigenvalue weighted by atomic mass is 9.45. The minimum absolute atomic E-state index is 0.0131. The highest BCUT2D eigenvalue weighted by molar-refractivity contribution is 8.14. The molecule has 4 N–H and O–H groups in total. The molecule has 40 heavy (non-hydrogen) atoms. The zero-order valence-electron chi connectivity index (χ0n) is 22.2. The molecular weight excluding hydrogens is 562 g/mol. The van der Waals surface area contributed by atoms with E-state index in [1.807, 2.05) is 6.92 Å². The number of nitrogens with zero attached hydrogens (tertiary/aromatic N) is 1. The van der Waals surface area contributed by atoms with E-state index in [0.29, 0.717) is 17.1 Å². The van der Waals surface area contributed by atoms with Crippen LogP contribution < -0.4 is 10.8 Å². The summed E-state index contributed by atoms with van der Waals surface area (Å²) in [5.74, 6) is -4.06. The van der Waals surface area contributed by atoms with Crippen molar-refractivity contribution >= 4 is 45.9 Å². The lowest BCUT2D eigenvalue weighted by Crippen LogP contribution is -2.68. The summed E-state index contributed by atoms with van der Waals surface area (Å²) in [6, 6.07) is 6.49. The fraction of sp³-hybridized carbons (Fsp3) is 0.552. The molecule has 0 aromatic heterocycles. The molecule has 1 aromatic carbocycles. The van der Waals surface area contributed by atoms with Crippen molar-refractivity contribution in [2.45, 2.75) is 51.1 Å². The van der Waals surface area contributed by atoms with Gasteiger partial charge in [0.05, 0.1) is 17.5 Å². The summed E-state index contributed by atoms with van der Waals surface area (Å²) in [5.41, 5.74) is 1.02. The average molecular weight is 595 g/mol. The van der Waals surface area contributed by atoms with Gasteiger partial charge in [0, 0.05) is 28.8 Å². The molecule has 0 aliphatic heterocycles. The van der Waals surface area contributed by atoms with Crippen molar-refractivity contribution < 1.29 is 33.5 Å². The van der Waals surface area contributed by atoms with Gasteiger partial charge in [0.15, 0.2) is 16.6 Å². The zero-order chi connectivity index (χ0) is 29.2. The second kappa shape index (κ2) is 10.2. The number of rotatable bonds is 6. The van der Waals surface area contributed by atoms with Crippen LogP contribution in [-0.2, 0) is 14.4 Å². The van der Waals surface area contributed by atoms with E-state index in [4.69, 9.17) is 17.3 Å². The Morgan fingerprint density at radius 1 is 1.20 bits per heavy atom. The lowest BCUT2D eigenvalue weighted by Gasteiger charge is -2.62. The number of fused-ring (bicyclic) bond motifs is 5. The molecule has 1 aromatic rings. The summed E-state index contributed by atoms with van der Waals surface area (Å²) in [4.78, 5) is 37.2. The molecule has 5 rings (SSSR count). The maximum absolute atomic E-state index is 17.5. The molecular formula is C29H33ClF2N2O5S. The Morgan fingerprint density at radius 3 is 2.52 bits per heavy atom. The van der Waals surface area contributed by atoms with Gasteiger partial charge in [-0.3, -0.25) is 24.7 Å². The Morgan fingerprint density at radius 2 is 1.88 bits per heavy atom. The molecule has 11 heteroatoms. The minimum atomic E-state index is -2.28. The summed E-state index contributed by atoms with van der Waals surface area (Å²) in [5, 5.41) is 23.6. The van der Waals surface area contributed by atoms with Crippen LogP contribution in [0.25, 0.3) is 0 Å². The molecule has 0 bridgehead atoms. The third-order valence-corrected chi connectivity index (χ3v) is 11.2. The van der Waals surface area contributed by atoms with Gasteiger partial charge in [-0.2, -0.15) is 0 Å². The first-order valence-electron chi connectivity index (χ1n) is 13.4. The third-order valence-electron chi connectivity index (χ3n) is 9.94. The summed E-state index contributed by atoms with van der Waals surface area (Å²) >= 11 is 6.76. The second-order valence-corrected chi connectivity index (χ2v) is 13.5. The van der Waals surface area contributed by atoms with Crippen molar-refractivity contribution in [2.75, 3.05) is 17.4 Å². The Labute approximate surface area is 240 Å².